The van der Waals surface area contributed by atoms with Crippen LogP contribution < -0.4 is 16.0 Å². The first kappa shape index (κ1) is 26.7. The third-order valence-corrected chi connectivity index (χ3v) is 6.11. The van der Waals surface area contributed by atoms with E-state index in [0.717, 1.165) is 11.0 Å². The van der Waals surface area contributed by atoms with Gasteiger partial charge >= 0.3 is 6.09 Å². The van der Waals surface area contributed by atoms with Crippen LogP contribution in [0.25, 0.3) is 11.0 Å². The number of carbonyl (C=O) groups excluding carboxylic acids is 2. The molecule has 198 valence electrons. The number of ether oxygens (including phenoxy) is 1. The van der Waals surface area contributed by atoms with Crippen molar-refractivity contribution in [1.29, 1.82) is 0 Å². The lowest BCUT2D eigenvalue weighted by Gasteiger charge is -2.24. The number of nitrogens with one attached hydrogen (secondary N) is 3. The Morgan fingerprint density at radius 1 is 1.03 bits per heavy atom. The fourth-order valence-electron chi connectivity index (χ4n) is 3.40. The summed E-state index contributed by atoms with van der Waals surface area (Å²) in [4.78, 5) is 40.0. The summed E-state index contributed by atoms with van der Waals surface area (Å²) >= 11 is 1.18. The molecule has 2 amide bonds. The summed E-state index contributed by atoms with van der Waals surface area (Å²) < 4.78 is 9.68. The highest BCUT2D eigenvalue weighted by molar-refractivity contribution is 7.10. The summed E-state index contributed by atoms with van der Waals surface area (Å²) in [6.45, 7) is 8.19. The van der Waals surface area contributed by atoms with Gasteiger partial charge in [-0.25, -0.2) is 14.8 Å². The SMILES string of the molecule is Cc1nsc(Nc2cnc3ccccc3n2)c1C(=O)Nc1ccc(NCCN(C)C(=O)OC(C)(C)C)nc1. The van der Waals surface area contributed by atoms with Gasteiger partial charge in [0.15, 0.2) is 0 Å². The number of anilines is 4. The number of rotatable bonds is 8. The molecule has 0 aliphatic rings. The third kappa shape index (κ3) is 6.91. The molecule has 0 unspecified atom stereocenters. The lowest BCUT2D eigenvalue weighted by Crippen LogP contribution is -2.36. The van der Waals surface area contributed by atoms with E-state index in [9.17, 15) is 9.59 Å². The maximum atomic E-state index is 13.1. The van der Waals surface area contributed by atoms with Crippen molar-refractivity contribution in [3.05, 3.63) is 60.0 Å². The number of pyridine rings is 1. The van der Waals surface area contributed by atoms with Crippen LogP contribution in [0.4, 0.5) is 27.1 Å². The monoisotopic (exact) mass is 534 g/mol. The molecule has 0 aliphatic carbocycles. The second kappa shape index (κ2) is 11.4. The van der Waals surface area contributed by atoms with Crippen molar-refractivity contribution in [3.8, 4) is 0 Å². The number of carbonyl (C=O) groups is 2. The number of aryl methyl sites for hydroxylation is 1. The van der Waals surface area contributed by atoms with Crippen LogP contribution in [0.3, 0.4) is 0 Å². The van der Waals surface area contributed by atoms with Crippen LogP contribution in [0.5, 0.6) is 0 Å². The van der Waals surface area contributed by atoms with Crippen LogP contribution in [0.2, 0.25) is 0 Å². The minimum absolute atomic E-state index is 0.311. The van der Waals surface area contributed by atoms with Crippen molar-refractivity contribution in [1.82, 2.24) is 24.2 Å². The van der Waals surface area contributed by atoms with E-state index in [1.54, 1.807) is 38.5 Å². The second-order valence-electron chi connectivity index (χ2n) is 9.56. The van der Waals surface area contributed by atoms with Gasteiger partial charge in [0, 0.05) is 20.1 Å². The van der Waals surface area contributed by atoms with Gasteiger partial charge in [0.05, 0.1) is 40.4 Å². The highest BCUT2D eigenvalue weighted by Gasteiger charge is 2.20. The Kier molecular flexibility index (Phi) is 8.01. The van der Waals surface area contributed by atoms with Crippen molar-refractivity contribution in [2.24, 2.45) is 0 Å². The summed E-state index contributed by atoms with van der Waals surface area (Å²) in [6.07, 6.45) is 2.81. The van der Waals surface area contributed by atoms with Crippen molar-refractivity contribution < 1.29 is 14.3 Å². The average Bonchev–Trinajstić information content (AvgIpc) is 3.23. The smallest absolute Gasteiger partial charge is 0.410 e. The van der Waals surface area contributed by atoms with Gasteiger partial charge in [-0.2, -0.15) is 4.37 Å². The quantitative estimate of drug-likeness (QED) is 0.283. The van der Waals surface area contributed by atoms with Gasteiger partial charge in [-0.1, -0.05) is 12.1 Å². The molecule has 0 atom stereocenters. The van der Waals surface area contributed by atoms with E-state index in [2.05, 4.69) is 35.3 Å². The van der Waals surface area contributed by atoms with E-state index in [4.69, 9.17) is 4.74 Å². The molecule has 3 N–H and O–H groups in total. The number of amides is 2. The molecule has 11 nitrogen and oxygen atoms in total. The van der Waals surface area contributed by atoms with Crippen molar-refractivity contribution in [3.63, 3.8) is 0 Å². The maximum Gasteiger partial charge on any atom is 0.410 e. The Morgan fingerprint density at radius 2 is 1.79 bits per heavy atom. The second-order valence-corrected chi connectivity index (χ2v) is 10.3. The number of nitrogens with zero attached hydrogens (tertiary/aromatic N) is 5. The van der Waals surface area contributed by atoms with Crippen LogP contribution >= 0.6 is 11.5 Å². The van der Waals surface area contributed by atoms with Gasteiger partial charge in [-0.05, 0) is 63.5 Å². The van der Waals surface area contributed by atoms with Crippen LogP contribution in [0.15, 0.2) is 48.8 Å². The first-order chi connectivity index (χ1) is 18.1. The first-order valence-electron chi connectivity index (χ1n) is 12.0. The van der Waals surface area contributed by atoms with E-state index in [1.807, 2.05) is 45.0 Å². The fraction of sp³-hybridized carbons (Fsp3) is 0.308. The average molecular weight is 535 g/mol. The third-order valence-electron chi connectivity index (χ3n) is 5.26. The molecular formula is C26H30N8O3S. The highest BCUT2D eigenvalue weighted by atomic mass is 32.1. The Hall–Kier alpha value is -4.32. The molecule has 1 aromatic carbocycles. The number of fused-ring (bicyclic) bond motifs is 1. The lowest BCUT2D eigenvalue weighted by atomic mass is 10.2. The molecule has 0 saturated heterocycles. The predicted molar refractivity (Wildman–Crippen MR) is 149 cm³/mol. The van der Waals surface area contributed by atoms with E-state index >= 15 is 0 Å². The number of hydrogen-bond donors (Lipinski definition) is 3. The predicted octanol–water partition coefficient (Wildman–Crippen LogP) is 5.06. The largest absolute Gasteiger partial charge is 0.444 e. The van der Waals surface area contributed by atoms with Crippen LogP contribution in [-0.4, -0.2) is 62.0 Å². The molecule has 4 aromatic rings. The molecule has 0 spiro atoms. The zero-order valence-corrected chi connectivity index (χ0v) is 22.7. The minimum Gasteiger partial charge on any atom is -0.444 e. The molecule has 0 saturated carbocycles. The zero-order valence-electron chi connectivity index (χ0n) is 21.9. The summed E-state index contributed by atoms with van der Waals surface area (Å²) in [5.41, 5.74) is 2.56. The van der Waals surface area contributed by atoms with Gasteiger partial charge in [0.1, 0.15) is 22.2 Å². The Balaban J connectivity index is 1.34. The topological polar surface area (TPSA) is 134 Å². The minimum atomic E-state index is -0.542. The maximum absolute atomic E-state index is 13.1. The molecule has 3 heterocycles. The molecule has 0 fully saturated rings. The molecular weight excluding hydrogens is 504 g/mol. The molecule has 3 aromatic heterocycles. The molecule has 0 radical (unpaired) electrons. The molecule has 0 aliphatic heterocycles. The number of likely N-dealkylation sites (N-methyl/N-ethyl adjacent to an activating group) is 1. The summed E-state index contributed by atoms with van der Waals surface area (Å²) in [6, 6.07) is 11.1. The van der Waals surface area contributed by atoms with E-state index in [0.29, 0.717) is 46.7 Å². The Bertz CT molecular complexity index is 1430. The van der Waals surface area contributed by atoms with E-state index in [1.165, 1.54) is 16.4 Å². The standard InChI is InChI=1S/C26H30N8O3S/c1-16-22(24(38-33-16)32-21-15-28-18-8-6-7-9-19(18)31-21)23(35)30-17-10-11-20(29-14-17)27-12-13-34(5)25(36)37-26(2,3)4/h6-11,14-15H,12-13H2,1-5H3,(H,27,29)(H,30,35)(H,31,32). The van der Waals surface area contributed by atoms with Crippen molar-refractivity contribution in [2.45, 2.75) is 33.3 Å². The highest BCUT2D eigenvalue weighted by Crippen LogP contribution is 2.28. The number of benzene rings is 1. The van der Waals surface area contributed by atoms with Crippen LogP contribution in [0.1, 0.15) is 36.8 Å². The van der Waals surface area contributed by atoms with Crippen molar-refractivity contribution >= 4 is 56.9 Å². The zero-order chi connectivity index (χ0) is 27.3. The van der Waals surface area contributed by atoms with Crippen LogP contribution in [0, 0.1) is 6.92 Å². The lowest BCUT2D eigenvalue weighted by molar-refractivity contribution is 0.0305. The molecule has 0 bridgehead atoms. The number of aromatic nitrogens is 4. The summed E-state index contributed by atoms with van der Waals surface area (Å²) in [5, 5.41) is 9.77. The molecule has 38 heavy (non-hydrogen) atoms. The Labute approximate surface area is 224 Å². The molecule has 12 heteroatoms. The number of para-hydroxylation sites is 2. The first-order valence-corrected chi connectivity index (χ1v) is 12.8. The molecule has 4 rings (SSSR count). The van der Waals surface area contributed by atoms with Gasteiger partial charge in [0.25, 0.3) is 5.91 Å². The van der Waals surface area contributed by atoms with Gasteiger partial charge in [-0.15, -0.1) is 0 Å². The fourth-order valence-corrected chi connectivity index (χ4v) is 4.21. The van der Waals surface area contributed by atoms with Gasteiger partial charge in [0.2, 0.25) is 0 Å². The van der Waals surface area contributed by atoms with Crippen LogP contribution in [-0.2, 0) is 4.74 Å². The van der Waals surface area contributed by atoms with Crippen molar-refractivity contribution in [2.75, 3.05) is 36.1 Å². The van der Waals surface area contributed by atoms with Gasteiger partial charge < -0.3 is 25.6 Å². The number of hydrogen-bond acceptors (Lipinski definition) is 10. The van der Waals surface area contributed by atoms with Gasteiger partial charge in [-0.3, -0.25) is 9.78 Å². The summed E-state index contributed by atoms with van der Waals surface area (Å²) in [5.74, 6) is 0.830. The van der Waals surface area contributed by atoms with E-state index < -0.39 is 5.60 Å². The Morgan fingerprint density at radius 3 is 2.50 bits per heavy atom. The summed E-state index contributed by atoms with van der Waals surface area (Å²) in [7, 11) is 1.68. The van der Waals surface area contributed by atoms with E-state index in [-0.39, 0.29) is 12.0 Å². The normalized spacial score (nSPS) is 11.2.